The Morgan fingerprint density at radius 3 is 2.29 bits per heavy atom. The molecule has 0 bridgehead atoms. The van der Waals surface area contributed by atoms with Crippen LogP contribution in [0.2, 0.25) is 5.02 Å². The van der Waals surface area contributed by atoms with Crippen molar-refractivity contribution in [3.8, 4) is 0 Å². The van der Waals surface area contributed by atoms with Gasteiger partial charge in [0.25, 0.3) is 5.91 Å². The van der Waals surface area contributed by atoms with E-state index in [1.54, 1.807) is 0 Å². The number of carbonyl (C=O) groups is 1. The summed E-state index contributed by atoms with van der Waals surface area (Å²) in [6, 6.07) is 4.90. The highest BCUT2D eigenvalue weighted by atomic mass is 35.5. The number of epoxide rings is 1. The van der Waals surface area contributed by atoms with Crippen LogP contribution in [-0.4, -0.2) is 31.8 Å². The van der Waals surface area contributed by atoms with E-state index in [9.17, 15) is 26.4 Å². The predicted octanol–water partition coefficient (Wildman–Crippen LogP) is 3.71. The largest absolute Gasteiger partial charge is 0.369 e. The van der Waals surface area contributed by atoms with Crippen molar-refractivity contribution in [2.75, 3.05) is 5.32 Å². The molecule has 2 fully saturated rings. The third-order valence-electron chi connectivity index (χ3n) is 4.86. The summed E-state index contributed by atoms with van der Waals surface area (Å²) in [6.45, 7) is 0. The normalized spacial score (nSPS) is 23.4. The summed E-state index contributed by atoms with van der Waals surface area (Å²) in [7, 11) is -3.78. The number of anilines is 1. The Morgan fingerprint density at radius 2 is 1.68 bits per heavy atom. The van der Waals surface area contributed by atoms with Gasteiger partial charge in [-0.05, 0) is 31.0 Å². The summed E-state index contributed by atoms with van der Waals surface area (Å²) in [4.78, 5) is 12.2. The fraction of sp³-hybridized carbons (Fsp3) is 0.278. The zero-order chi connectivity index (χ0) is 20.2. The highest BCUT2D eigenvalue weighted by molar-refractivity contribution is 7.92. The Balaban J connectivity index is 1.60. The van der Waals surface area contributed by atoms with Crippen molar-refractivity contribution in [1.82, 2.24) is 0 Å². The number of ether oxygens (including phenoxy) is 1. The molecule has 1 saturated carbocycles. The molecule has 2 aromatic rings. The molecule has 0 aromatic heterocycles. The molecule has 10 heteroatoms. The van der Waals surface area contributed by atoms with Gasteiger partial charge < -0.3 is 10.1 Å². The first-order valence-electron chi connectivity index (χ1n) is 8.31. The highest BCUT2D eigenvalue weighted by Gasteiger charge is 2.52. The Kier molecular flexibility index (Phi) is 4.64. The van der Waals surface area contributed by atoms with Crippen molar-refractivity contribution < 1.29 is 31.1 Å². The van der Waals surface area contributed by atoms with E-state index in [0.717, 1.165) is 6.07 Å². The third-order valence-corrected chi connectivity index (χ3v) is 7.51. The predicted molar refractivity (Wildman–Crippen MR) is 94.6 cm³/mol. The van der Waals surface area contributed by atoms with Gasteiger partial charge in [-0.1, -0.05) is 11.6 Å². The Morgan fingerprint density at radius 1 is 1.07 bits per heavy atom. The van der Waals surface area contributed by atoms with Gasteiger partial charge >= 0.3 is 0 Å². The first kappa shape index (κ1) is 19.2. The first-order chi connectivity index (χ1) is 13.2. The van der Waals surface area contributed by atoms with Gasteiger partial charge in [0.2, 0.25) is 0 Å². The summed E-state index contributed by atoms with van der Waals surface area (Å²) in [5, 5.41) is 1.53. The molecular formula is C18H13ClF3NO4S. The van der Waals surface area contributed by atoms with Crippen LogP contribution in [0, 0.1) is 17.5 Å². The average molecular weight is 432 g/mol. The number of amides is 1. The van der Waals surface area contributed by atoms with Gasteiger partial charge in [0.15, 0.2) is 27.3 Å². The molecule has 148 valence electrons. The number of benzene rings is 2. The lowest BCUT2D eigenvalue weighted by molar-refractivity contribution is 0.102. The minimum Gasteiger partial charge on any atom is -0.369 e. The lowest BCUT2D eigenvalue weighted by Crippen LogP contribution is -2.22. The summed E-state index contributed by atoms with van der Waals surface area (Å²) in [5.41, 5.74) is -0.388. The number of hydrogen-bond acceptors (Lipinski definition) is 4. The van der Waals surface area contributed by atoms with E-state index in [1.165, 1.54) is 12.1 Å². The van der Waals surface area contributed by atoms with Crippen LogP contribution >= 0.6 is 11.6 Å². The smallest absolute Gasteiger partial charge is 0.255 e. The molecule has 1 amide bonds. The van der Waals surface area contributed by atoms with Crippen molar-refractivity contribution in [2.24, 2.45) is 0 Å². The number of hydrogen-bond donors (Lipinski definition) is 1. The zero-order valence-electron chi connectivity index (χ0n) is 14.1. The summed E-state index contributed by atoms with van der Waals surface area (Å²) in [5.74, 6) is -5.40. The molecule has 1 N–H and O–H groups in total. The molecule has 1 heterocycles. The van der Waals surface area contributed by atoms with Crippen LogP contribution in [0.15, 0.2) is 35.2 Å². The van der Waals surface area contributed by atoms with E-state index >= 15 is 0 Å². The van der Waals surface area contributed by atoms with Crippen molar-refractivity contribution in [1.29, 1.82) is 0 Å². The van der Waals surface area contributed by atoms with E-state index in [2.05, 4.69) is 5.32 Å². The third kappa shape index (κ3) is 3.38. The van der Waals surface area contributed by atoms with Gasteiger partial charge in [0.1, 0.15) is 0 Å². The molecule has 0 radical (unpaired) electrons. The topological polar surface area (TPSA) is 75.8 Å². The molecule has 2 aromatic carbocycles. The monoisotopic (exact) mass is 431 g/mol. The molecule has 5 nitrogen and oxygen atoms in total. The molecule has 2 unspecified atom stereocenters. The van der Waals surface area contributed by atoms with Gasteiger partial charge in [0.05, 0.1) is 27.4 Å². The molecule has 28 heavy (non-hydrogen) atoms. The number of halogens is 4. The number of carbonyl (C=O) groups excluding carboxylic acids is 1. The maximum Gasteiger partial charge on any atom is 0.255 e. The van der Waals surface area contributed by atoms with E-state index in [4.69, 9.17) is 16.3 Å². The standard InChI is InChI=1S/C18H13ClF3NO4S/c19-11-2-1-8(18(24)23-9-4-12(20)17(22)13(21)5-9)3-16(11)28(25,26)10-6-14-15(7-10)27-14/h1-5,10,14-15H,6-7H2,(H,23,24)/t10?,14-,15?/m0/s1. The van der Waals surface area contributed by atoms with Crippen LogP contribution in [-0.2, 0) is 14.6 Å². The summed E-state index contributed by atoms with van der Waals surface area (Å²) >= 11 is 6.05. The maximum absolute atomic E-state index is 13.3. The quantitative estimate of drug-likeness (QED) is 0.591. The maximum atomic E-state index is 13.3. The molecule has 1 saturated heterocycles. The highest BCUT2D eigenvalue weighted by Crippen LogP contribution is 2.44. The van der Waals surface area contributed by atoms with E-state index in [1.807, 2.05) is 0 Å². The SMILES string of the molecule is O=C(Nc1cc(F)c(F)c(F)c1)c1ccc(Cl)c(S(=O)(=O)C2CC3O[C@H]3C2)c1. The van der Waals surface area contributed by atoms with Crippen LogP contribution in [0.3, 0.4) is 0 Å². The zero-order valence-corrected chi connectivity index (χ0v) is 15.7. The van der Waals surface area contributed by atoms with Crippen LogP contribution < -0.4 is 5.32 Å². The Hall–Kier alpha value is -2.10. The lowest BCUT2D eigenvalue weighted by Gasteiger charge is -2.15. The molecular weight excluding hydrogens is 419 g/mol. The van der Waals surface area contributed by atoms with Crippen molar-refractivity contribution in [3.05, 3.63) is 58.4 Å². The average Bonchev–Trinajstić information content (AvgIpc) is 3.24. The molecule has 0 spiro atoms. The number of nitrogens with one attached hydrogen (secondary N) is 1. The van der Waals surface area contributed by atoms with E-state index in [0.29, 0.717) is 25.0 Å². The van der Waals surface area contributed by atoms with Crippen LogP contribution in [0.25, 0.3) is 0 Å². The van der Waals surface area contributed by atoms with E-state index in [-0.39, 0.29) is 33.4 Å². The lowest BCUT2D eigenvalue weighted by atomic mass is 10.2. The van der Waals surface area contributed by atoms with Gasteiger partial charge in [-0.25, -0.2) is 21.6 Å². The molecule has 2 aliphatic rings. The summed E-state index contributed by atoms with van der Waals surface area (Å²) in [6.07, 6.45) is 0.642. The van der Waals surface area contributed by atoms with E-state index < -0.39 is 38.4 Å². The van der Waals surface area contributed by atoms with Crippen molar-refractivity contribution in [3.63, 3.8) is 0 Å². The molecule has 4 rings (SSSR count). The van der Waals surface area contributed by atoms with Crippen LogP contribution in [0.4, 0.5) is 18.9 Å². The number of rotatable bonds is 4. The van der Waals surface area contributed by atoms with Crippen molar-refractivity contribution in [2.45, 2.75) is 35.2 Å². The first-order valence-corrected chi connectivity index (χ1v) is 10.2. The second-order valence-corrected chi connectivity index (χ2v) is 9.31. The fourth-order valence-electron chi connectivity index (χ4n) is 3.33. The minimum atomic E-state index is -3.78. The minimum absolute atomic E-state index is 0.0306. The van der Waals surface area contributed by atoms with Gasteiger partial charge in [-0.3, -0.25) is 4.79 Å². The number of fused-ring (bicyclic) bond motifs is 1. The second-order valence-electron chi connectivity index (χ2n) is 6.70. The van der Waals surface area contributed by atoms with Crippen LogP contribution in [0.5, 0.6) is 0 Å². The molecule has 1 aliphatic carbocycles. The molecule has 1 aliphatic heterocycles. The Labute approximate surface area is 163 Å². The summed E-state index contributed by atoms with van der Waals surface area (Å²) < 4.78 is 70.6. The fourth-order valence-corrected chi connectivity index (χ4v) is 5.65. The molecule has 3 atom stereocenters. The van der Waals surface area contributed by atoms with Crippen LogP contribution in [0.1, 0.15) is 23.2 Å². The number of sulfone groups is 1. The van der Waals surface area contributed by atoms with Crippen molar-refractivity contribution >= 4 is 33.0 Å². The van der Waals surface area contributed by atoms with Gasteiger partial charge in [-0.2, -0.15) is 0 Å². The van der Waals surface area contributed by atoms with Gasteiger partial charge in [0, 0.05) is 23.4 Å². The second kappa shape index (κ2) is 6.75. The Bertz CT molecular complexity index is 1060. The van der Waals surface area contributed by atoms with Gasteiger partial charge in [-0.15, -0.1) is 0 Å².